The van der Waals surface area contributed by atoms with Crippen LogP contribution < -0.4 is 16.4 Å². The number of nitrogens with one attached hydrogen (secondary N) is 4. The third-order valence-corrected chi connectivity index (χ3v) is 8.11. The highest BCUT2D eigenvalue weighted by molar-refractivity contribution is 5.98. The number of benzene rings is 3. The highest BCUT2D eigenvalue weighted by atomic mass is 16.2. The van der Waals surface area contributed by atoms with Crippen molar-refractivity contribution >= 4 is 28.4 Å². The van der Waals surface area contributed by atoms with E-state index in [-0.39, 0.29) is 17.7 Å². The van der Waals surface area contributed by atoms with Crippen molar-refractivity contribution in [2.75, 3.05) is 5.32 Å². The number of aromatic amines is 2. The van der Waals surface area contributed by atoms with Crippen molar-refractivity contribution < 1.29 is 9.59 Å². The molecule has 0 saturated heterocycles. The Balaban J connectivity index is 1.24. The lowest BCUT2D eigenvalue weighted by atomic mass is 9.85. The lowest BCUT2D eigenvalue weighted by Gasteiger charge is -2.26. The Morgan fingerprint density at radius 1 is 1.07 bits per heavy atom. The second-order valence-electron chi connectivity index (χ2n) is 11.0. The van der Waals surface area contributed by atoms with E-state index in [1.165, 1.54) is 5.57 Å². The number of carbonyl (C=O) groups is 2. The van der Waals surface area contributed by atoms with Gasteiger partial charge >= 0.3 is 0 Å². The molecule has 2 heterocycles. The van der Waals surface area contributed by atoms with E-state index in [9.17, 15) is 9.59 Å². The van der Waals surface area contributed by atoms with Crippen LogP contribution in [-0.4, -0.2) is 48.7 Å². The Kier molecular flexibility index (Phi) is 7.94. The van der Waals surface area contributed by atoms with Crippen molar-refractivity contribution in [3.63, 3.8) is 0 Å². The number of carbonyl (C=O) groups excluding carboxylic acids is 2. The van der Waals surface area contributed by atoms with Gasteiger partial charge in [0.2, 0.25) is 17.6 Å². The molecular weight excluding hydrogens is 542 g/mol. The molecule has 11 heteroatoms. The van der Waals surface area contributed by atoms with Crippen molar-refractivity contribution in [3.8, 4) is 22.5 Å². The van der Waals surface area contributed by atoms with Gasteiger partial charge in [0.25, 0.3) is 0 Å². The molecule has 1 aliphatic rings. The van der Waals surface area contributed by atoms with Crippen LogP contribution in [0.5, 0.6) is 0 Å². The average molecular weight is 576 g/mol. The third kappa shape index (κ3) is 6.15. The molecule has 6 rings (SSSR count). The Morgan fingerprint density at radius 3 is 2.63 bits per heavy atom. The highest BCUT2D eigenvalue weighted by Gasteiger charge is 2.28. The molecule has 0 bridgehead atoms. The normalized spacial score (nSPS) is 15.7. The fourth-order valence-electron chi connectivity index (χ4n) is 5.73. The summed E-state index contributed by atoms with van der Waals surface area (Å²) < 4.78 is 0. The topological polar surface area (TPSA) is 167 Å². The molecule has 1 aliphatic carbocycles. The van der Waals surface area contributed by atoms with E-state index in [0.29, 0.717) is 30.8 Å². The number of aromatic nitrogens is 6. The van der Waals surface area contributed by atoms with Gasteiger partial charge in [0.05, 0.1) is 11.7 Å². The summed E-state index contributed by atoms with van der Waals surface area (Å²) in [5, 5.41) is 28.3. The molecule has 0 radical (unpaired) electrons. The number of rotatable bonds is 8. The Bertz CT molecular complexity index is 1760. The monoisotopic (exact) mass is 575 g/mol. The van der Waals surface area contributed by atoms with Crippen LogP contribution in [0.4, 0.5) is 5.69 Å². The van der Waals surface area contributed by atoms with Gasteiger partial charge in [0.1, 0.15) is 6.04 Å². The molecule has 218 valence electrons. The number of aryl methyl sites for hydroxylation is 1. The Labute approximate surface area is 248 Å². The SMILES string of the molecule is Cc1ccc2[nH]ncc2c1-c1cccc(C[C@H](NC(=O)C2CCC(=CN)CC2)C(=O)Nc2ccc(-c3nn[nH]n3)cc2)c1. The number of H-pyrrole nitrogens is 2. The molecule has 2 aromatic heterocycles. The molecule has 5 aromatic rings. The number of fused-ring (bicyclic) bond motifs is 1. The minimum Gasteiger partial charge on any atom is -0.405 e. The molecule has 2 amide bonds. The summed E-state index contributed by atoms with van der Waals surface area (Å²) in [5.41, 5.74) is 13.4. The first-order valence-electron chi connectivity index (χ1n) is 14.4. The summed E-state index contributed by atoms with van der Waals surface area (Å²) in [6, 6.07) is 18.6. The Hall–Kier alpha value is -5.32. The van der Waals surface area contributed by atoms with Crippen LogP contribution in [-0.2, 0) is 16.0 Å². The molecule has 3 aromatic carbocycles. The molecule has 0 spiro atoms. The molecule has 43 heavy (non-hydrogen) atoms. The minimum absolute atomic E-state index is 0.112. The average Bonchev–Trinajstić information content (AvgIpc) is 3.74. The number of tetrazole rings is 1. The van der Waals surface area contributed by atoms with Crippen molar-refractivity contribution in [3.05, 3.63) is 89.8 Å². The zero-order valence-corrected chi connectivity index (χ0v) is 23.8. The quantitative estimate of drug-likeness (QED) is 0.183. The van der Waals surface area contributed by atoms with Gasteiger partial charge in [0, 0.05) is 29.0 Å². The first-order valence-corrected chi connectivity index (χ1v) is 14.4. The summed E-state index contributed by atoms with van der Waals surface area (Å²) in [5.74, 6) is -0.110. The smallest absolute Gasteiger partial charge is 0.247 e. The van der Waals surface area contributed by atoms with Crippen LogP contribution in [0.15, 0.2) is 78.6 Å². The van der Waals surface area contributed by atoms with E-state index in [4.69, 9.17) is 5.73 Å². The van der Waals surface area contributed by atoms with Crippen LogP contribution in [0, 0.1) is 12.8 Å². The molecule has 6 N–H and O–H groups in total. The summed E-state index contributed by atoms with van der Waals surface area (Å²) in [4.78, 5) is 27.1. The minimum atomic E-state index is -0.781. The van der Waals surface area contributed by atoms with Gasteiger partial charge in [-0.2, -0.15) is 10.3 Å². The Morgan fingerprint density at radius 2 is 1.88 bits per heavy atom. The van der Waals surface area contributed by atoms with Crippen LogP contribution in [0.1, 0.15) is 36.8 Å². The number of allylic oxidation sites excluding steroid dienone is 1. The van der Waals surface area contributed by atoms with Gasteiger partial charge in [0.15, 0.2) is 0 Å². The second-order valence-corrected chi connectivity index (χ2v) is 11.0. The maximum absolute atomic E-state index is 13.7. The molecular formula is C32H33N9O2. The van der Waals surface area contributed by atoms with Crippen molar-refractivity contribution in [1.29, 1.82) is 0 Å². The fourth-order valence-corrected chi connectivity index (χ4v) is 5.73. The van der Waals surface area contributed by atoms with E-state index in [1.54, 1.807) is 30.5 Å². The second kappa shape index (κ2) is 12.3. The number of nitrogens with zero attached hydrogens (tertiary/aromatic N) is 4. The standard InChI is InChI=1S/C32H33N9O2/c1-19-5-14-27-26(18-34-37-27)29(19)24-4-2-3-21(15-24)16-28(36-31(42)23-8-6-20(17-33)7-9-23)32(43)35-25-12-10-22(11-13-25)30-38-40-41-39-30/h2-5,10-15,17-18,23,28H,6-9,16,33H2,1H3,(H,34,37)(H,35,43)(H,36,42)(H,38,39,40,41)/t23?,28-/m0/s1. The number of amides is 2. The number of anilines is 1. The van der Waals surface area contributed by atoms with Gasteiger partial charge < -0.3 is 16.4 Å². The van der Waals surface area contributed by atoms with Crippen LogP contribution in [0.25, 0.3) is 33.4 Å². The number of nitrogens with two attached hydrogens (primary N) is 1. The first kappa shape index (κ1) is 27.8. The summed E-state index contributed by atoms with van der Waals surface area (Å²) in [6.07, 6.45) is 6.81. The molecule has 1 saturated carbocycles. The zero-order chi connectivity index (χ0) is 29.8. The molecule has 0 aliphatic heterocycles. The van der Waals surface area contributed by atoms with Crippen molar-refractivity contribution in [2.24, 2.45) is 11.7 Å². The van der Waals surface area contributed by atoms with Gasteiger partial charge in [-0.1, -0.05) is 35.9 Å². The first-order chi connectivity index (χ1) is 21.0. The van der Waals surface area contributed by atoms with E-state index >= 15 is 0 Å². The van der Waals surface area contributed by atoms with Gasteiger partial charge in [-0.15, -0.1) is 10.2 Å². The predicted molar refractivity (Wildman–Crippen MR) is 164 cm³/mol. The van der Waals surface area contributed by atoms with E-state index in [1.807, 2.05) is 24.4 Å². The zero-order valence-electron chi connectivity index (χ0n) is 23.8. The van der Waals surface area contributed by atoms with Crippen molar-refractivity contribution in [2.45, 2.75) is 45.1 Å². The van der Waals surface area contributed by atoms with Crippen LogP contribution in [0.3, 0.4) is 0 Å². The highest BCUT2D eigenvalue weighted by Crippen LogP contribution is 2.32. The predicted octanol–water partition coefficient (Wildman–Crippen LogP) is 4.42. The lowest BCUT2D eigenvalue weighted by Crippen LogP contribution is -2.47. The number of hydrogen-bond donors (Lipinski definition) is 5. The molecule has 1 fully saturated rings. The van der Waals surface area contributed by atoms with Gasteiger partial charge in [-0.05, 0) is 96.6 Å². The maximum atomic E-state index is 13.7. The molecule has 11 nitrogen and oxygen atoms in total. The van der Waals surface area contributed by atoms with E-state index in [2.05, 4.69) is 66.6 Å². The molecule has 1 atom stereocenters. The third-order valence-electron chi connectivity index (χ3n) is 8.11. The summed E-state index contributed by atoms with van der Waals surface area (Å²) >= 11 is 0. The van der Waals surface area contributed by atoms with Gasteiger partial charge in [-0.25, -0.2) is 0 Å². The summed E-state index contributed by atoms with van der Waals surface area (Å²) in [6.45, 7) is 2.07. The van der Waals surface area contributed by atoms with Crippen LogP contribution in [0.2, 0.25) is 0 Å². The fraction of sp³-hybridized carbons (Fsp3) is 0.250. The molecule has 0 unspecified atom stereocenters. The van der Waals surface area contributed by atoms with Crippen molar-refractivity contribution in [1.82, 2.24) is 36.1 Å². The lowest BCUT2D eigenvalue weighted by molar-refractivity contribution is -0.129. The van der Waals surface area contributed by atoms with Crippen LogP contribution >= 0.6 is 0 Å². The number of hydrogen-bond acceptors (Lipinski definition) is 7. The maximum Gasteiger partial charge on any atom is 0.247 e. The van der Waals surface area contributed by atoms with E-state index < -0.39 is 6.04 Å². The van der Waals surface area contributed by atoms with E-state index in [0.717, 1.165) is 51.6 Å². The van der Waals surface area contributed by atoms with Gasteiger partial charge in [-0.3, -0.25) is 14.7 Å². The summed E-state index contributed by atoms with van der Waals surface area (Å²) in [7, 11) is 0. The largest absolute Gasteiger partial charge is 0.405 e.